The number of aromatic nitrogens is 1. The minimum Gasteiger partial charge on any atom is -0.360 e. The second-order valence-corrected chi connectivity index (χ2v) is 6.11. The van der Waals surface area contributed by atoms with Crippen LogP contribution in [0, 0.1) is 5.92 Å². The number of carbonyl (C=O) groups excluding carboxylic acids is 1. The van der Waals surface area contributed by atoms with Crippen LogP contribution in [-0.2, 0) is 0 Å². The minimum atomic E-state index is 0.0110. The zero-order valence-corrected chi connectivity index (χ0v) is 12.3. The third kappa shape index (κ3) is 3.17. The van der Waals surface area contributed by atoms with Crippen LogP contribution >= 0.6 is 0 Å². The Morgan fingerprint density at radius 3 is 2.79 bits per heavy atom. The molecule has 1 aliphatic heterocycles. The summed E-state index contributed by atoms with van der Waals surface area (Å²) in [4.78, 5) is 14.5. The average Bonchev–Trinajstić information content (AvgIpc) is 2.78. The zero-order chi connectivity index (χ0) is 14.0. The maximum absolute atomic E-state index is 12.5. The van der Waals surface area contributed by atoms with E-state index in [0.29, 0.717) is 11.6 Å². The van der Waals surface area contributed by atoms with Crippen molar-refractivity contribution in [3.05, 3.63) is 17.5 Å². The largest absolute Gasteiger partial charge is 0.360 e. The molecule has 4 nitrogen and oxygen atoms in total. The molecule has 0 saturated carbocycles. The molecule has 2 heterocycles. The predicted octanol–water partition coefficient (Wildman–Crippen LogP) is 3.45. The van der Waals surface area contributed by atoms with Crippen LogP contribution in [0.4, 0.5) is 0 Å². The molecule has 1 amide bonds. The Bertz CT molecular complexity index is 439. The van der Waals surface area contributed by atoms with Gasteiger partial charge in [-0.15, -0.1) is 0 Å². The highest BCUT2D eigenvalue weighted by Crippen LogP contribution is 2.23. The molecule has 2 rings (SSSR count). The number of hydrogen-bond acceptors (Lipinski definition) is 3. The third-order valence-electron chi connectivity index (χ3n) is 3.94. The SMILES string of the molecule is CC1CCCC(C)N(C(=O)c2cc(C(C)C)on2)C1. The Morgan fingerprint density at radius 2 is 2.16 bits per heavy atom. The lowest BCUT2D eigenvalue weighted by atomic mass is 10.1. The van der Waals surface area contributed by atoms with Gasteiger partial charge in [0.1, 0.15) is 5.76 Å². The van der Waals surface area contributed by atoms with Crippen molar-refractivity contribution in [2.24, 2.45) is 5.92 Å². The molecule has 0 spiro atoms. The first-order chi connectivity index (χ1) is 8.99. The molecular weight excluding hydrogens is 240 g/mol. The number of likely N-dealkylation sites (tertiary alicyclic amines) is 1. The summed E-state index contributed by atoms with van der Waals surface area (Å²) in [5.41, 5.74) is 0.449. The molecule has 19 heavy (non-hydrogen) atoms. The van der Waals surface area contributed by atoms with E-state index in [2.05, 4.69) is 19.0 Å². The summed E-state index contributed by atoms with van der Waals surface area (Å²) in [5, 5.41) is 3.94. The van der Waals surface area contributed by atoms with Crippen molar-refractivity contribution in [3.63, 3.8) is 0 Å². The van der Waals surface area contributed by atoms with E-state index in [1.165, 1.54) is 12.8 Å². The fraction of sp³-hybridized carbons (Fsp3) is 0.733. The molecule has 0 N–H and O–H groups in total. The normalized spacial score (nSPS) is 24.6. The molecule has 0 aliphatic carbocycles. The molecule has 1 saturated heterocycles. The third-order valence-corrected chi connectivity index (χ3v) is 3.94. The van der Waals surface area contributed by atoms with E-state index in [9.17, 15) is 4.79 Å². The quantitative estimate of drug-likeness (QED) is 0.822. The molecule has 4 heteroatoms. The highest BCUT2D eigenvalue weighted by atomic mass is 16.5. The average molecular weight is 264 g/mol. The first-order valence-corrected chi connectivity index (χ1v) is 7.26. The van der Waals surface area contributed by atoms with Crippen LogP contribution in [0.1, 0.15) is 69.1 Å². The first-order valence-electron chi connectivity index (χ1n) is 7.26. The lowest BCUT2D eigenvalue weighted by Gasteiger charge is -2.27. The van der Waals surface area contributed by atoms with Gasteiger partial charge in [-0.05, 0) is 25.7 Å². The van der Waals surface area contributed by atoms with Gasteiger partial charge in [-0.25, -0.2) is 0 Å². The number of hydrogen-bond donors (Lipinski definition) is 0. The van der Waals surface area contributed by atoms with Crippen molar-refractivity contribution < 1.29 is 9.32 Å². The van der Waals surface area contributed by atoms with Crippen molar-refractivity contribution in [1.82, 2.24) is 10.1 Å². The molecule has 1 aliphatic rings. The van der Waals surface area contributed by atoms with Gasteiger partial charge in [0.2, 0.25) is 0 Å². The summed E-state index contributed by atoms with van der Waals surface area (Å²) in [6.07, 6.45) is 3.47. The van der Waals surface area contributed by atoms with Crippen molar-refractivity contribution >= 4 is 5.91 Å². The molecule has 0 bridgehead atoms. The molecular formula is C15H24N2O2. The van der Waals surface area contributed by atoms with Crippen LogP contribution in [0.25, 0.3) is 0 Å². The van der Waals surface area contributed by atoms with Gasteiger partial charge in [-0.1, -0.05) is 32.3 Å². The Balaban J connectivity index is 2.16. The van der Waals surface area contributed by atoms with E-state index in [0.717, 1.165) is 18.7 Å². The Hall–Kier alpha value is -1.32. The second kappa shape index (κ2) is 5.76. The van der Waals surface area contributed by atoms with E-state index in [-0.39, 0.29) is 17.9 Å². The van der Waals surface area contributed by atoms with Crippen molar-refractivity contribution in [2.75, 3.05) is 6.54 Å². The molecule has 1 aromatic rings. The van der Waals surface area contributed by atoms with Gasteiger partial charge in [0, 0.05) is 24.6 Å². The molecule has 2 unspecified atom stereocenters. The number of rotatable bonds is 2. The maximum atomic E-state index is 12.5. The molecule has 1 fully saturated rings. The standard InChI is InChI=1S/C15H24N2O2/c1-10(2)14-8-13(16-19-14)15(18)17-9-11(3)6-5-7-12(17)4/h8,10-12H,5-7,9H2,1-4H3. The molecule has 2 atom stereocenters. The van der Waals surface area contributed by atoms with Gasteiger partial charge in [0.05, 0.1) is 0 Å². The summed E-state index contributed by atoms with van der Waals surface area (Å²) >= 11 is 0. The van der Waals surface area contributed by atoms with E-state index in [1.54, 1.807) is 6.07 Å². The Labute approximate surface area is 115 Å². The van der Waals surface area contributed by atoms with Crippen LogP contribution in [0.15, 0.2) is 10.6 Å². The number of carbonyl (C=O) groups is 1. The highest BCUT2D eigenvalue weighted by Gasteiger charge is 2.28. The summed E-state index contributed by atoms with van der Waals surface area (Å²) in [6.45, 7) is 9.22. The molecule has 0 aromatic carbocycles. The first kappa shape index (κ1) is 14.1. The van der Waals surface area contributed by atoms with Crippen LogP contribution in [0.2, 0.25) is 0 Å². The van der Waals surface area contributed by atoms with E-state index in [1.807, 2.05) is 18.7 Å². The lowest BCUT2D eigenvalue weighted by molar-refractivity contribution is 0.0666. The van der Waals surface area contributed by atoms with Gasteiger partial charge in [0.15, 0.2) is 5.69 Å². The van der Waals surface area contributed by atoms with Gasteiger partial charge in [-0.3, -0.25) is 4.79 Å². The van der Waals surface area contributed by atoms with E-state index in [4.69, 9.17) is 4.52 Å². The Morgan fingerprint density at radius 1 is 1.42 bits per heavy atom. The van der Waals surface area contributed by atoms with Gasteiger partial charge in [-0.2, -0.15) is 0 Å². The number of nitrogens with zero attached hydrogens (tertiary/aromatic N) is 2. The van der Waals surface area contributed by atoms with Gasteiger partial charge in [0.25, 0.3) is 5.91 Å². The lowest BCUT2D eigenvalue weighted by Crippen LogP contribution is -2.40. The van der Waals surface area contributed by atoms with E-state index >= 15 is 0 Å². The Kier molecular flexibility index (Phi) is 4.27. The van der Waals surface area contributed by atoms with Crippen molar-refractivity contribution in [1.29, 1.82) is 0 Å². The summed E-state index contributed by atoms with van der Waals surface area (Å²) < 4.78 is 5.23. The van der Waals surface area contributed by atoms with Crippen molar-refractivity contribution in [2.45, 2.75) is 58.9 Å². The zero-order valence-electron chi connectivity index (χ0n) is 12.3. The van der Waals surface area contributed by atoms with Crippen LogP contribution in [-0.4, -0.2) is 28.6 Å². The minimum absolute atomic E-state index is 0.0110. The highest BCUT2D eigenvalue weighted by molar-refractivity contribution is 5.92. The summed E-state index contributed by atoms with van der Waals surface area (Å²) in [5.74, 6) is 1.61. The number of amides is 1. The topological polar surface area (TPSA) is 46.3 Å². The predicted molar refractivity (Wildman–Crippen MR) is 74.1 cm³/mol. The maximum Gasteiger partial charge on any atom is 0.276 e. The van der Waals surface area contributed by atoms with Gasteiger partial charge >= 0.3 is 0 Å². The summed E-state index contributed by atoms with van der Waals surface area (Å²) in [6, 6.07) is 2.08. The molecule has 106 valence electrons. The smallest absolute Gasteiger partial charge is 0.276 e. The fourth-order valence-electron chi connectivity index (χ4n) is 2.62. The van der Waals surface area contributed by atoms with Crippen LogP contribution in [0.5, 0.6) is 0 Å². The van der Waals surface area contributed by atoms with Crippen LogP contribution in [0.3, 0.4) is 0 Å². The molecule has 0 radical (unpaired) electrons. The summed E-state index contributed by atoms with van der Waals surface area (Å²) in [7, 11) is 0. The van der Waals surface area contributed by atoms with Crippen LogP contribution < -0.4 is 0 Å². The second-order valence-electron chi connectivity index (χ2n) is 6.11. The van der Waals surface area contributed by atoms with Gasteiger partial charge < -0.3 is 9.42 Å². The van der Waals surface area contributed by atoms with Crippen molar-refractivity contribution in [3.8, 4) is 0 Å². The monoisotopic (exact) mass is 264 g/mol. The molecule has 1 aromatic heterocycles. The van der Waals surface area contributed by atoms with E-state index < -0.39 is 0 Å². The fourth-order valence-corrected chi connectivity index (χ4v) is 2.62.